The third-order valence-corrected chi connectivity index (χ3v) is 12.5. The molecule has 0 aliphatic rings. The van der Waals surface area contributed by atoms with Crippen LogP contribution in [0, 0.1) is 0 Å². The number of carbonyl (C=O) groups is 4. The number of aromatic nitrogens is 2. The van der Waals surface area contributed by atoms with Gasteiger partial charge in [0.25, 0.3) is 0 Å². The topological polar surface area (TPSA) is 161 Å². The summed E-state index contributed by atoms with van der Waals surface area (Å²) in [6.07, 6.45) is 8.21. The van der Waals surface area contributed by atoms with Gasteiger partial charge in [-0.2, -0.15) is 0 Å². The van der Waals surface area contributed by atoms with Crippen molar-refractivity contribution in [3.8, 4) is 0 Å². The van der Waals surface area contributed by atoms with E-state index in [0.717, 1.165) is 71.9 Å². The SMILES string of the molecule is O=C(NC(CCCCCSSCCCCCC(NC(=O)OCc1ccccc1)C(=O)Nc1cccc2cccnc12)C(=O)Nc1cccc2cccnc12)OCc1ccccc1. The van der Waals surface area contributed by atoms with Crippen LogP contribution in [-0.4, -0.2) is 57.6 Å². The molecule has 0 fully saturated rings. The lowest BCUT2D eigenvalue weighted by Crippen LogP contribution is -2.44. The smallest absolute Gasteiger partial charge is 0.408 e. The van der Waals surface area contributed by atoms with E-state index < -0.39 is 24.3 Å². The Morgan fingerprint density at radius 1 is 0.484 bits per heavy atom. The Labute approximate surface area is 370 Å². The number of hydrogen-bond acceptors (Lipinski definition) is 10. The van der Waals surface area contributed by atoms with Crippen LogP contribution in [-0.2, 0) is 32.3 Å². The first-order chi connectivity index (χ1) is 30.4. The molecule has 0 radical (unpaired) electrons. The summed E-state index contributed by atoms with van der Waals surface area (Å²) in [6, 6.07) is 36.0. The minimum Gasteiger partial charge on any atom is -0.445 e. The maximum atomic E-state index is 13.5. The Balaban J connectivity index is 0.900. The van der Waals surface area contributed by atoms with Crippen molar-refractivity contribution in [2.75, 3.05) is 22.1 Å². The largest absolute Gasteiger partial charge is 0.445 e. The van der Waals surface area contributed by atoms with Gasteiger partial charge in [-0.25, -0.2) is 9.59 Å². The van der Waals surface area contributed by atoms with E-state index >= 15 is 0 Å². The maximum absolute atomic E-state index is 13.5. The number of ether oxygens (including phenoxy) is 2. The van der Waals surface area contributed by atoms with Gasteiger partial charge < -0.3 is 30.7 Å². The number of unbranched alkanes of at least 4 members (excludes halogenated alkanes) is 4. The molecule has 0 bridgehead atoms. The Morgan fingerprint density at radius 2 is 0.903 bits per heavy atom. The van der Waals surface area contributed by atoms with Crippen molar-refractivity contribution >= 4 is 78.8 Å². The van der Waals surface area contributed by atoms with Gasteiger partial charge in [-0.05, 0) is 61.1 Å². The number of benzene rings is 4. The molecule has 4 N–H and O–H groups in total. The minimum absolute atomic E-state index is 0.106. The first-order valence-corrected chi connectivity index (χ1v) is 23.4. The molecule has 0 aliphatic heterocycles. The van der Waals surface area contributed by atoms with Crippen molar-refractivity contribution in [2.45, 2.75) is 76.7 Å². The second-order valence-corrected chi connectivity index (χ2v) is 17.3. The second-order valence-electron chi connectivity index (χ2n) is 14.6. The summed E-state index contributed by atoms with van der Waals surface area (Å²) in [5.74, 6) is 1.27. The van der Waals surface area contributed by atoms with E-state index in [-0.39, 0.29) is 25.0 Å². The molecule has 6 rings (SSSR count). The van der Waals surface area contributed by atoms with Crippen LogP contribution in [0.25, 0.3) is 21.8 Å². The Hall–Kier alpha value is -6.12. The molecule has 6 aromatic rings. The number of para-hydroxylation sites is 2. The first-order valence-electron chi connectivity index (χ1n) is 20.9. The van der Waals surface area contributed by atoms with Crippen molar-refractivity contribution in [3.05, 3.63) is 145 Å². The van der Waals surface area contributed by atoms with E-state index in [4.69, 9.17) is 9.47 Å². The monoisotopic (exact) mass is 872 g/mol. The highest BCUT2D eigenvalue weighted by molar-refractivity contribution is 8.76. The third kappa shape index (κ3) is 14.8. The lowest BCUT2D eigenvalue weighted by molar-refractivity contribution is -0.119. The number of hydrogen-bond donors (Lipinski definition) is 4. The number of amides is 4. The Bertz CT molecular complexity index is 2180. The van der Waals surface area contributed by atoms with Crippen molar-refractivity contribution in [1.29, 1.82) is 0 Å². The van der Waals surface area contributed by atoms with Gasteiger partial charge in [0.05, 0.1) is 22.4 Å². The summed E-state index contributed by atoms with van der Waals surface area (Å²) in [5.41, 5.74) is 4.25. The maximum Gasteiger partial charge on any atom is 0.408 e. The second kappa shape index (κ2) is 25.0. The molecule has 12 nitrogen and oxygen atoms in total. The Kier molecular flexibility index (Phi) is 18.3. The highest BCUT2D eigenvalue weighted by Gasteiger charge is 2.24. The number of anilines is 2. The first kappa shape index (κ1) is 45.4. The molecule has 2 heterocycles. The Morgan fingerprint density at radius 3 is 1.34 bits per heavy atom. The number of carbonyl (C=O) groups excluding carboxylic acids is 4. The fourth-order valence-electron chi connectivity index (χ4n) is 6.69. The molecule has 2 aromatic heterocycles. The van der Waals surface area contributed by atoms with Crippen LogP contribution >= 0.6 is 21.6 Å². The van der Waals surface area contributed by atoms with Crippen LogP contribution in [0.2, 0.25) is 0 Å². The zero-order chi connectivity index (χ0) is 43.2. The number of fused-ring (bicyclic) bond motifs is 2. The van der Waals surface area contributed by atoms with Crippen molar-refractivity contribution in [3.63, 3.8) is 0 Å². The quantitative estimate of drug-likeness (QED) is 0.0360. The lowest BCUT2D eigenvalue weighted by Gasteiger charge is -2.19. The van der Waals surface area contributed by atoms with Gasteiger partial charge in [-0.1, -0.05) is 144 Å². The van der Waals surface area contributed by atoms with Crippen LogP contribution in [0.5, 0.6) is 0 Å². The fraction of sp³-hybridized carbons (Fsp3) is 0.292. The average Bonchev–Trinajstić information content (AvgIpc) is 3.30. The summed E-state index contributed by atoms with van der Waals surface area (Å²) in [6.45, 7) is 0.212. The number of pyridine rings is 2. The molecule has 4 amide bonds. The summed E-state index contributed by atoms with van der Waals surface area (Å²) >= 11 is 0. The average molecular weight is 873 g/mol. The fourth-order valence-corrected chi connectivity index (χ4v) is 8.99. The van der Waals surface area contributed by atoms with Crippen LogP contribution in [0.4, 0.5) is 21.0 Å². The van der Waals surface area contributed by atoms with Gasteiger partial charge in [0.2, 0.25) is 11.8 Å². The number of nitrogens with one attached hydrogen (secondary N) is 4. The third-order valence-electron chi connectivity index (χ3n) is 9.95. The van der Waals surface area contributed by atoms with Gasteiger partial charge in [0.1, 0.15) is 25.3 Å². The lowest BCUT2D eigenvalue weighted by atomic mass is 10.1. The van der Waals surface area contributed by atoms with Crippen LogP contribution in [0.3, 0.4) is 0 Å². The van der Waals surface area contributed by atoms with Gasteiger partial charge in [0.15, 0.2) is 0 Å². The summed E-state index contributed by atoms with van der Waals surface area (Å²) < 4.78 is 10.9. The summed E-state index contributed by atoms with van der Waals surface area (Å²) in [4.78, 5) is 61.5. The molecule has 0 saturated carbocycles. The highest BCUT2D eigenvalue weighted by Crippen LogP contribution is 2.26. The zero-order valence-corrected chi connectivity index (χ0v) is 36.1. The molecule has 62 heavy (non-hydrogen) atoms. The normalized spacial score (nSPS) is 11.9. The molecule has 0 spiro atoms. The van der Waals surface area contributed by atoms with Crippen molar-refractivity contribution in [1.82, 2.24) is 20.6 Å². The van der Waals surface area contributed by atoms with E-state index in [2.05, 4.69) is 31.2 Å². The molecule has 2 unspecified atom stereocenters. The standard InChI is InChI=1S/C48H52N6O6S2/c55-45(51-39-27-13-21-37-23-15-29-49-43(37)39)41(53-47(57)59-33-35-17-5-1-6-18-35)25-9-3-11-31-61-62-32-12-4-10-26-42(54-48(58)60-34-36-19-7-2-8-20-36)46(56)52-40-28-14-22-38-24-16-30-50-44(38)40/h1-2,5-8,13-24,27-30,41-42H,3-4,9-12,25-26,31-34H2,(H,51,55)(H,52,56)(H,53,57)(H,54,58). The molecule has 14 heteroatoms. The van der Waals surface area contributed by atoms with Gasteiger partial charge >= 0.3 is 12.2 Å². The zero-order valence-electron chi connectivity index (χ0n) is 34.5. The van der Waals surface area contributed by atoms with Gasteiger partial charge in [-0.3, -0.25) is 19.6 Å². The van der Waals surface area contributed by atoms with Crippen LogP contribution in [0.1, 0.15) is 62.5 Å². The van der Waals surface area contributed by atoms with Gasteiger partial charge in [0, 0.05) is 34.7 Å². The molecule has 0 saturated heterocycles. The molecule has 2 atom stereocenters. The van der Waals surface area contributed by atoms with Crippen LogP contribution < -0.4 is 21.3 Å². The molecular weight excluding hydrogens is 821 g/mol. The predicted molar refractivity (Wildman–Crippen MR) is 250 cm³/mol. The number of rotatable bonds is 23. The molecular formula is C48H52N6O6S2. The summed E-state index contributed by atoms with van der Waals surface area (Å²) in [7, 11) is 3.63. The van der Waals surface area contributed by atoms with E-state index in [1.165, 1.54) is 0 Å². The number of alkyl carbamates (subject to hydrolysis) is 2. The summed E-state index contributed by atoms with van der Waals surface area (Å²) in [5, 5.41) is 13.3. The van der Waals surface area contributed by atoms with E-state index in [1.807, 2.05) is 131 Å². The van der Waals surface area contributed by atoms with Gasteiger partial charge in [-0.15, -0.1) is 0 Å². The molecule has 4 aromatic carbocycles. The minimum atomic E-state index is -0.782. The van der Waals surface area contributed by atoms with E-state index in [9.17, 15) is 19.2 Å². The van der Waals surface area contributed by atoms with Crippen LogP contribution in [0.15, 0.2) is 134 Å². The van der Waals surface area contributed by atoms with Crippen molar-refractivity contribution < 1.29 is 28.7 Å². The molecule has 0 aliphatic carbocycles. The number of nitrogens with zero attached hydrogens (tertiary/aromatic N) is 2. The van der Waals surface area contributed by atoms with Crippen molar-refractivity contribution in [2.24, 2.45) is 0 Å². The van der Waals surface area contributed by atoms with E-state index in [0.29, 0.717) is 35.2 Å². The van der Waals surface area contributed by atoms with E-state index in [1.54, 1.807) is 24.5 Å². The molecule has 322 valence electrons. The predicted octanol–water partition coefficient (Wildman–Crippen LogP) is 10.5. The highest BCUT2D eigenvalue weighted by atomic mass is 33.1.